The minimum atomic E-state index is -2.51. The van der Waals surface area contributed by atoms with E-state index in [2.05, 4.69) is 149 Å². The molecule has 5 aromatic heterocycles. The summed E-state index contributed by atoms with van der Waals surface area (Å²) in [5.41, 5.74) is -2.18. The number of aromatic nitrogens is 5. The number of urea groups is 1. The zero-order valence-corrected chi connectivity index (χ0v) is 96.5. The van der Waals surface area contributed by atoms with Crippen LogP contribution in [0.3, 0.4) is 0 Å². The number of benzene rings is 2. The summed E-state index contributed by atoms with van der Waals surface area (Å²) in [7, 11) is -3.18. The van der Waals surface area contributed by atoms with E-state index in [-0.39, 0.29) is 77.3 Å². The monoisotopic (exact) mass is 2390 g/mol. The second-order valence-corrected chi connectivity index (χ2v) is 55.7. The smallest absolute Gasteiger partial charge is 0.343 e. The van der Waals surface area contributed by atoms with Gasteiger partial charge in [-0.1, -0.05) is 77.8 Å². The lowest BCUT2D eigenvalue weighted by Crippen LogP contribution is -2.57. The Hall–Kier alpha value is -7.26. The fourth-order valence-corrected chi connectivity index (χ4v) is 25.7. The predicted octanol–water partition coefficient (Wildman–Crippen LogP) is 20.6. The van der Waals surface area contributed by atoms with Gasteiger partial charge in [-0.25, -0.2) is 110 Å². The molecule has 0 spiro atoms. The van der Waals surface area contributed by atoms with E-state index >= 15 is 22.0 Å². The molecule has 11 atom stereocenters. The molecule has 0 aliphatic carbocycles. The summed E-state index contributed by atoms with van der Waals surface area (Å²) < 4.78 is 222. The largest absolute Gasteiger partial charge is 0.497 e. The summed E-state index contributed by atoms with van der Waals surface area (Å²) >= 11 is 16.0. The average Bonchev–Trinajstić information content (AvgIpc) is 0.745. The maximum Gasteiger partial charge on any atom is 0.343 e. The van der Waals surface area contributed by atoms with E-state index in [0.29, 0.717) is 58.8 Å². The molecule has 0 aliphatic rings. The molecule has 0 unspecified atom stereocenters. The van der Waals surface area contributed by atoms with Gasteiger partial charge in [0, 0.05) is 23.3 Å². The van der Waals surface area contributed by atoms with Crippen LogP contribution in [-0.2, 0) is 106 Å². The van der Waals surface area contributed by atoms with Gasteiger partial charge in [-0.2, -0.15) is 4.40 Å². The number of nitrogens with two attached hydrogens (primary N) is 1. The molecule has 5 heterocycles. The first-order valence-electron chi connectivity index (χ1n) is 44.6. The van der Waals surface area contributed by atoms with Crippen LogP contribution in [0.5, 0.6) is 23.0 Å². The highest BCUT2D eigenvalue weighted by atomic mass is 79.9. The van der Waals surface area contributed by atoms with Crippen LogP contribution in [0.2, 0.25) is 36.3 Å². The molecular formula is C94H131Br5F9N11O16S3Si2. The van der Waals surface area contributed by atoms with Crippen molar-refractivity contribution in [2.75, 3.05) is 54.9 Å². The number of ether oxygens (including phenoxy) is 8. The van der Waals surface area contributed by atoms with Gasteiger partial charge in [0.25, 0.3) is 0 Å². The van der Waals surface area contributed by atoms with Crippen molar-refractivity contribution < 1.29 is 114 Å². The second-order valence-electron chi connectivity index (χ2n) is 35.4. The van der Waals surface area contributed by atoms with Crippen LogP contribution in [0.25, 0.3) is 0 Å². The molecule has 0 aliphatic heterocycles. The van der Waals surface area contributed by atoms with Crippen LogP contribution >= 0.6 is 79.6 Å². The Morgan fingerprint density at radius 3 is 1.07 bits per heavy atom. The Bertz CT molecular complexity index is 5420. The number of rotatable bonds is 39. The van der Waals surface area contributed by atoms with E-state index in [4.69, 9.17) is 38.9 Å². The summed E-state index contributed by atoms with van der Waals surface area (Å²) in [6, 6.07) is 25.4. The van der Waals surface area contributed by atoms with E-state index < -0.39 is 169 Å². The summed E-state index contributed by atoms with van der Waals surface area (Å²) in [5, 5.41) is 3.86. The number of methoxy groups -OCH3 is 4. The molecule has 7 rings (SSSR count). The molecule has 7 aromatic rings. The zero-order chi connectivity index (χ0) is 107. The van der Waals surface area contributed by atoms with Crippen molar-refractivity contribution in [1.29, 1.82) is 0 Å². The number of hydrogen-bond acceptors (Lipinski definition) is 22. The number of carbonyl (C=O) groups excluding carboxylic acids is 5. The van der Waals surface area contributed by atoms with E-state index in [9.17, 15) is 54.2 Å². The standard InChI is InChI=1S/C30H34BrF2N3O7.C21H35BrF2N2O3SSi.C17H28BrFN2OSSi.C15H21BrF2N2O3S.C11H13BrF2N2O2/c1-7-43-28(37)26(33)30(2,27-22(32)12-13-25(31)34-27)35-29(38)36(16-18-8-10-20(39-3)14-23(18)41-5)17-19-9-11-21(40-4)15-24(19)42-6;1-9-29-19(27)17(24)21(8,26-30(28)20(5,6)7)18-16(23)14(13-15(22)25-18)31(10-2,11-3)12-4;1-8-24(9-2,10-3)13-11-14(18)20-16(15(13)19)12(4)21-23(22)17(5,6)7;1-6-23-13(21)11(18)15(5,20-24(22)14(2,3)4)12-9(17)7-8-10(16)19-12;1-3-18-10(17)8(14)11(2,15)9-6(13)4-5-7(12)16-9/h8-15,26H,7,16-17H2,1-6H3,(H,35,38);13,17,26H,9-12H2,1-8H3;11H,8-10H2,1-7H3;7-8,11,20H,6H2,1-5H3;4-5,8H,3,15H2,1-2H3/t26-,30-;17-,21-,30+;23-;11-,15-,24+;8-,11-/m00100/s1. The Kier molecular flexibility index (Phi) is 50.7. The van der Waals surface area contributed by atoms with Crippen molar-refractivity contribution >= 4 is 175 Å². The van der Waals surface area contributed by atoms with Crippen molar-refractivity contribution in [2.45, 2.75) is 277 Å². The maximum absolute atomic E-state index is 16.1. The molecule has 27 nitrogen and oxygen atoms in total. The first-order chi connectivity index (χ1) is 65.0. The van der Waals surface area contributed by atoms with Crippen LogP contribution in [0.1, 0.15) is 206 Å². The number of pyridine rings is 5. The van der Waals surface area contributed by atoms with Crippen molar-refractivity contribution in [2.24, 2.45) is 10.1 Å². The van der Waals surface area contributed by atoms with Gasteiger partial charge >= 0.3 is 29.9 Å². The number of carbonyl (C=O) groups is 5. The molecule has 2 aromatic carbocycles. The number of nitrogens with one attached hydrogen (secondary N) is 3. The summed E-state index contributed by atoms with van der Waals surface area (Å²) in [4.78, 5) is 83.9. The number of halogens is 14. The number of hydrogen-bond donors (Lipinski definition) is 4. The molecule has 0 bridgehead atoms. The molecule has 782 valence electrons. The molecule has 0 saturated carbocycles. The first kappa shape index (κ1) is 127. The third-order valence-corrected chi connectivity index (χ3v) is 40.9. The van der Waals surface area contributed by atoms with E-state index in [1.54, 1.807) is 97.9 Å². The fourth-order valence-electron chi connectivity index (χ4n) is 13.8. The molecule has 0 saturated heterocycles. The van der Waals surface area contributed by atoms with Gasteiger partial charge in [0.15, 0.2) is 0 Å². The number of alkyl halides is 4. The lowest BCUT2D eigenvalue weighted by Gasteiger charge is -2.36. The molecule has 46 heteroatoms. The summed E-state index contributed by atoms with van der Waals surface area (Å²) in [6.45, 7) is 40.6. The summed E-state index contributed by atoms with van der Waals surface area (Å²) in [6.07, 6.45) is -9.33. The van der Waals surface area contributed by atoms with Gasteiger partial charge in [-0.15, -0.1) is 0 Å². The predicted molar refractivity (Wildman–Crippen MR) is 552 cm³/mol. The normalized spacial score (nSPS) is 15.1. The molecule has 2 amide bonds. The van der Waals surface area contributed by atoms with Crippen LogP contribution in [0.15, 0.2) is 112 Å². The van der Waals surface area contributed by atoms with Gasteiger partial charge in [-0.3, -0.25) is 0 Å². The zero-order valence-electron chi connectivity index (χ0n) is 84.1. The van der Waals surface area contributed by atoms with E-state index in [1.165, 1.54) is 100 Å². The van der Waals surface area contributed by atoms with Crippen LogP contribution in [-0.4, -0.2) is 188 Å². The highest BCUT2D eigenvalue weighted by Crippen LogP contribution is 2.39. The number of nitrogens with zero attached hydrogens (tertiary/aromatic N) is 7. The fraction of sp³-hybridized carbons (Fsp3) is 0.543. The number of esters is 4. The van der Waals surface area contributed by atoms with Gasteiger partial charge in [0.2, 0.25) is 24.7 Å². The molecule has 140 heavy (non-hydrogen) atoms. The maximum atomic E-state index is 16.1. The van der Waals surface area contributed by atoms with Crippen molar-refractivity contribution in [1.82, 2.24) is 44.6 Å². The molecule has 5 N–H and O–H groups in total. The van der Waals surface area contributed by atoms with E-state index in [1.807, 2.05) is 47.6 Å². The Morgan fingerprint density at radius 2 is 0.736 bits per heavy atom. The molecular weight excluding hydrogens is 2260 g/mol. The van der Waals surface area contributed by atoms with Crippen molar-refractivity contribution in [3.8, 4) is 23.0 Å². The van der Waals surface area contributed by atoms with Crippen LogP contribution in [0.4, 0.5) is 44.3 Å². The van der Waals surface area contributed by atoms with Crippen LogP contribution < -0.4 is 49.8 Å². The van der Waals surface area contributed by atoms with Gasteiger partial charge in [0.05, 0.1) is 126 Å². The number of amides is 2. The third-order valence-electron chi connectivity index (χ3n) is 22.7. The Balaban J connectivity index is 0.000000465. The molecule has 0 radical (unpaired) electrons. The van der Waals surface area contributed by atoms with Gasteiger partial charge in [-0.05, 0) is 287 Å². The highest BCUT2D eigenvalue weighted by Gasteiger charge is 2.53. The SMILES string of the molecule is CCOC(=O)[C@H](F)[C@](C)(N)c1nc(Br)ccc1F.CCOC(=O)[C@H](F)[C@](C)(NC(=O)N(Cc1ccc(OC)cc1OC)Cc1ccc(OC)cc1OC)c1nc(Br)ccc1F.CCOC(=O)[C@H](F)[C@](C)(N[S@](=O)C(C)(C)C)c1nc(Br)cc([Si](CC)(CC)CC)c1F.CCOC(=O)[C@H](F)[C@](C)(N[S@](=O)C(C)(C)C)c1nc(Br)ccc1F.CC[Si](CC)(CC)c1cc(Br)nc(C(C)=N[S@](=O)C(C)(C)C)c1F. The topological polar surface area (TPSA) is 353 Å². The highest BCUT2D eigenvalue weighted by molar-refractivity contribution is 9.11. The van der Waals surface area contributed by atoms with Crippen molar-refractivity contribution in [3.63, 3.8) is 0 Å². The third kappa shape index (κ3) is 33.4. The van der Waals surface area contributed by atoms with Gasteiger partial charge < -0.3 is 53.8 Å². The second kappa shape index (κ2) is 55.9. The lowest BCUT2D eigenvalue weighted by molar-refractivity contribution is -0.153. The van der Waals surface area contributed by atoms with Crippen molar-refractivity contribution in [3.05, 3.63) is 177 Å². The lowest BCUT2D eigenvalue weighted by atomic mass is 9.90. The summed E-state index contributed by atoms with van der Waals surface area (Å²) in [5.74, 6) is -6.31. The van der Waals surface area contributed by atoms with Crippen LogP contribution in [0, 0.1) is 29.1 Å². The quantitative estimate of drug-likeness (QED) is 0.00694. The minimum absolute atomic E-state index is 0.0176. The van der Waals surface area contributed by atoms with Gasteiger partial charge in [0.1, 0.15) is 137 Å². The Labute approximate surface area is 867 Å². The average molecular weight is 2390 g/mol. The molecule has 0 fully saturated rings. The minimum Gasteiger partial charge on any atom is -0.497 e. The Morgan fingerprint density at radius 1 is 0.421 bits per heavy atom. The first-order valence-corrected chi connectivity index (χ1v) is 57.2. The van der Waals surface area contributed by atoms with E-state index in [0.717, 1.165) is 59.7 Å².